The lowest BCUT2D eigenvalue weighted by Gasteiger charge is -2.14. The van der Waals surface area contributed by atoms with Crippen LogP contribution >= 0.6 is 34.5 Å². The first-order valence-electron chi connectivity index (χ1n) is 6.54. The van der Waals surface area contributed by atoms with Gasteiger partial charge in [0.15, 0.2) is 11.5 Å². The second-order valence-electron chi connectivity index (χ2n) is 4.62. The Kier molecular flexibility index (Phi) is 4.48. The molecule has 2 heterocycles. The van der Waals surface area contributed by atoms with E-state index in [0.717, 1.165) is 22.6 Å². The maximum Gasteiger partial charge on any atom is 0.162 e. The van der Waals surface area contributed by atoms with Gasteiger partial charge in [0.2, 0.25) is 0 Å². The number of thiophene rings is 1. The van der Waals surface area contributed by atoms with Gasteiger partial charge in [0.05, 0.1) is 25.7 Å². The fourth-order valence-corrected chi connectivity index (χ4v) is 3.69. The van der Waals surface area contributed by atoms with Crippen LogP contribution in [0, 0.1) is 0 Å². The number of halogens is 2. The molecule has 0 saturated carbocycles. The van der Waals surface area contributed by atoms with Crippen LogP contribution in [0.3, 0.4) is 0 Å². The van der Waals surface area contributed by atoms with Gasteiger partial charge in [-0.15, -0.1) is 22.9 Å². The number of hydrogen-bond acceptors (Lipinski definition) is 4. The fourth-order valence-electron chi connectivity index (χ4n) is 2.12. The van der Waals surface area contributed by atoms with Gasteiger partial charge in [-0.3, -0.25) is 0 Å². The summed E-state index contributed by atoms with van der Waals surface area (Å²) in [4.78, 5) is 0.977. The molecule has 6 heteroatoms. The average Bonchev–Trinajstić information content (AvgIpc) is 2.86. The minimum Gasteiger partial charge on any atom is -0.496 e. The van der Waals surface area contributed by atoms with Crippen molar-refractivity contribution in [1.29, 1.82) is 0 Å². The molecule has 1 aliphatic heterocycles. The van der Waals surface area contributed by atoms with E-state index in [1.54, 1.807) is 13.2 Å². The van der Waals surface area contributed by atoms with Gasteiger partial charge in [0.1, 0.15) is 5.75 Å². The number of rotatable bonds is 3. The van der Waals surface area contributed by atoms with E-state index >= 15 is 0 Å². The van der Waals surface area contributed by atoms with Gasteiger partial charge in [-0.2, -0.15) is 0 Å². The van der Waals surface area contributed by atoms with Crippen LogP contribution in [0.15, 0.2) is 23.6 Å². The Bertz CT molecular complexity index is 642. The molecule has 1 aromatic carbocycles. The highest BCUT2D eigenvalue weighted by atomic mass is 35.5. The molecule has 0 saturated heterocycles. The van der Waals surface area contributed by atoms with Gasteiger partial charge in [-0.05, 0) is 17.7 Å². The Morgan fingerprint density at radius 2 is 1.90 bits per heavy atom. The first kappa shape index (κ1) is 14.8. The number of hydrogen-bond donors (Lipinski definition) is 0. The van der Waals surface area contributed by atoms with Crippen molar-refractivity contribution in [2.75, 3.05) is 20.3 Å². The van der Waals surface area contributed by atoms with Crippen molar-refractivity contribution < 1.29 is 14.2 Å². The van der Waals surface area contributed by atoms with Crippen LogP contribution in [0.2, 0.25) is 5.02 Å². The van der Waals surface area contributed by atoms with Crippen LogP contribution in [0.1, 0.15) is 22.2 Å². The standard InChI is InChI=1S/C15H14Cl2O3S/c1-18-9-5-14(21-8-9)15(17)10-6-12-13(7-11(10)16)20-4-2-3-19-12/h5-8,15H,2-4H2,1H3. The molecule has 0 aliphatic carbocycles. The summed E-state index contributed by atoms with van der Waals surface area (Å²) < 4.78 is 16.5. The highest BCUT2D eigenvalue weighted by Gasteiger charge is 2.21. The van der Waals surface area contributed by atoms with Crippen molar-refractivity contribution in [3.63, 3.8) is 0 Å². The zero-order valence-electron chi connectivity index (χ0n) is 11.4. The third-order valence-electron chi connectivity index (χ3n) is 3.22. The largest absolute Gasteiger partial charge is 0.496 e. The Morgan fingerprint density at radius 3 is 2.57 bits per heavy atom. The lowest BCUT2D eigenvalue weighted by molar-refractivity contribution is 0.297. The van der Waals surface area contributed by atoms with Crippen LogP contribution < -0.4 is 14.2 Å². The molecule has 0 radical (unpaired) electrons. The summed E-state index contributed by atoms with van der Waals surface area (Å²) in [5.74, 6) is 2.17. The smallest absolute Gasteiger partial charge is 0.162 e. The SMILES string of the molecule is COc1csc(C(Cl)c2cc3c(cc2Cl)OCCCO3)c1. The predicted molar refractivity (Wildman–Crippen MR) is 85.6 cm³/mol. The van der Waals surface area contributed by atoms with Crippen LogP contribution in [-0.2, 0) is 0 Å². The molecule has 1 aromatic heterocycles. The van der Waals surface area contributed by atoms with E-state index in [9.17, 15) is 0 Å². The summed E-state index contributed by atoms with van der Waals surface area (Å²) in [5, 5.41) is 2.15. The van der Waals surface area contributed by atoms with Gasteiger partial charge in [0.25, 0.3) is 0 Å². The molecule has 3 rings (SSSR count). The number of methoxy groups -OCH3 is 1. The van der Waals surface area contributed by atoms with Crippen molar-refractivity contribution in [2.45, 2.75) is 11.8 Å². The second-order valence-corrected chi connectivity index (χ2v) is 6.41. The van der Waals surface area contributed by atoms with E-state index in [-0.39, 0.29) is 5.38 Å². The van der Waals surface area contributed by atoms with E-state index < -0.39 is 0 Å². The molecule has 0 bridgehead atoms. The Balaban J connectivity index is 1.95. The monoisotopic (exact) mass is 344 g/mol. The minimum absolute atomic E-state index is 0.344. The lowest BCUT2D eigenvalue weighted by atomic mass is 10.1. The van der Waals surface area contributed by atoms with Crippen molar-refractivity contribution in [1.82, 2.24) is 0 Å². The molecule has 112 valence electrons. The topological polar surface area (TPSA) is 27.7 Å². The third kappa shape index (κ3) is 3.07. The zero-order chi connectivity index (χ0) is 14.8. The minimum atomic E-state index is -0.344. The molecule has 2 aromatic rings. The summed E-state index contributed by atoms with van der Waals surface area (Å²) in [6, 6.07) is 5.56. The maximum atomic E-state index is 6.56. The molecule has 0 amide bonds. The molecule has 1 unspecified atom stereocenters. The lowest BCUT2D eigenvalue weighted by Crippen LogP contribution is -1.97. The van der Waals surface area contributed by atoms with Crippen molar-refractivity contribution in [3.05, 3.63) is 39.0 Å². The average molecular weight is 345 g/mol. The number of benzene rings is 1. The zero-order valence-corrected chi connectivity index (χ0v) is 13.7. The highest BCUT2D eigenvalue weighted by molar-refractivity contribution is 7.10. The predicted octanol–water partition coefficient (Wildman–Crippen LogP) is 4.90. The van der Waals surface area contributed by atoms with E-state index in [4.69, 9.17) is 37.4 Å². The van der Waals surface area contributed by atoms with Crippen molar-refractivity contribution >= 4 is 34.5 Å². The van der Waals surface area contributed by atoms with E-state index in [2.05, 4.69) is 0 Å². The van der Waals surface area contributed by atoms with Gasteiger partial charge in [-0.1, -0.05) is 11.6 Å². The van der Waals surface area contributed by atoms with Gasteiger partial charge in [-0.25, -0.2) is 0 Å². The molecule has 1 aliphatic rings. The molecule has 0 N–H and O–H groups in total. The summed E-state index contributed by atoms with van der Waals surface area (Å²) >= 11 is 14.5. The van der Waals surface area contributed by atoms with Crippen LogP contribution in [0.4, 0.5) is 0 Å². The number of fused-ring (bicyclic) bond motifs is 1. The van der Waals surface area contributed by atoms with Crippen LogP contribution in [0.25, 0.3) is 0 Å². The molecular formula is C15H14Cl2O3S. The van der Waals surface area contributed by atoms with Crippen molar-refractivity contribution in [2.24, 2.45) is 0 Å². The Hall–Kier alpha value is -1.10. The number of ether oxygens (including phenoxy) is 3. The van der Waals surface area contributed by atoms with Crippen LogP contribution in [0.5, 0.6) is 17.2 Å². The molecular weight excluding hydrogens is 331 g/mol. The first-order valence-corrected chi connectivity index (χ1v) is 8.24. The van der Waals surface area contributed by atoms with Gasteiger partial charge in [0, 0.05) is 27.8 Å². The Labute approximate surface area is 137 Å². The third-order valence-corrected chi connectivity index (χ3v) is 5.12. The summed E-state index contributed by atoms with van der Waals surface area (Å²) in [5.41, 5.74) is 0.812. The molecule has 0 spiro atoms. The van der Waals surface area contributed by atoms with Crippen molar-refractivity contribution in [3.8, 4) is 17.2 Å². The van der Waals surface area contributed by atoms with Gasteiger partial charge < -0.3 is 14.2 Å². The van der Waals surface area contributed by atoms with Crippen LogP contribution in [-0.4, -0.2) is 20.3 Å². The normalized spacial score (nSPS) is 15.4. The molecule has 0 fully saturated rings. The summed E-state index contributed by atoms with van der Waals surface area (Å²) in [6.07, 6.45) is 0.855. The molecule has 3 nitrogen and oxygen atoms in total. The fraction of sp³-hybridized carbons (Fsp3) is 0.333. The quantitative estimate of drug-likeness (QED) is 0.741. The summed E-state index contributed by atoms with van der Waals surface area (Å²) in [7, 11) is 1.63. The van der Waals surface area contributed by atoms with E-state index in [1.807, 2.05) is 17.5 Å². The molecule has 21 heavy (non-hydrogen) atoms. The first-order chi connectivity index (χ1) is 10.2. The van der Waals surface area contributed by atoms with Gasteiger partial charge >= 0.3 is 0 Å². The molecule has 1 atom stereocenters. The highest BCUT2D eigenvalue weighted by Crippen LogP contribution is 2.43. The number of alkyl halides is 1. The van der Waals surface area contributed by atoms with E-state index in [1.165, 1.54) is 11.3 Å². The maximum absolute atomic E-state index is 6.56. The summed E-state index contributed by atoms with van der Waals surface area (Å²) in [6.45, 7) is 1.27. The van der Waals surface area contributed by atoms with E-state index in [0.29, 0.717) is 29.7 Å². The second kappa shape index (κ2) is 6.34. The Morgan fingerprint density at radius 1 is 1.19 bits per heavy atom.